The second-order valence-electron chi connectivity index (χ2n) is 16.4. The number of ether oxygens (including phenoxy) is 2. The summed E-state index contributed by atoms with van der Waals surface area (Å²) in [5.74, 6) is 0.214. The SMILES string of the molecule is C#CCCCCCCCCCCCC(O)CC(O)COC(C)=O.C=CCCCCCCCCCCCC(O)CC(O)COC(C)=O.CC(N)(Cc1ccc(O)c(O)c1)C(=O)O. The van der Waals surface area contributed by atoms with Crippen molar-refractivity contribution in [3.8, 4) is 23.8 Å². The molecule has 5 atom stereocenters. The van der Waals surface area contributed by atoms with Crippen LogP contribution in [0.2, 0.25) is 0 Å². The molecule has 0 fully saturated rings. The van der Waals surface area contributed by atoms with Gasteiger partial charge < -0.3 is 51.0 Å². The van der Waals surface area contributed by atoms with Gasteiger partial charge in [-0.2, -0.15) is 0 Å². The molecular weight excluding hydrogens is 783 g/mol. The normalized spacial score (nSPS) is 13.7. The van der Waals surface area contributed by atoms with E-state index in [0.29, 0.717) is 18.4 Å². The van der Waals surface area contributed by atoms with E-state index in [1.54, 1.807) is 0 Å². The summed E-state index contributed by atoms with van der Waals surface area (Å²) < 4.78 is 9.42. The molecule has 1 rings (SSSR count). The lowest BCUT2D eigenvalue weighted by molar-refractivity contribution is -0.145. The van der Waals surface area contributed by atoms with E-state index in [0.717, 1.165) is 44.9 Å². The van der Waals surface area contributed by atoms with Gasteiger partial charge >= 0.3 is 17.9 Å². The Morgan fingerprint density at radius 3 is 1.44 bits per heavy atom. The van der Waals surface area contributed by atoms with Gasteiger partial charge in [0.1, 0.15) is 18.8 Å². The summed E-state index contributed by atoms with van der Waals surface area (Å²) in [6.07, 6.45) is 30.6. The monoisotopic (exact) mass is 866 g/mol. The van der Waals surface area contributed by atoms with Crippen molar-refractivity contribution in [1.29, 1.82) is 0 Å². The molecule has 0 heterocycles. The highest BCUT2D eigenvalue weighted by molar-refractivity contribution is 5.78. The first-order chi connectivity index (χ1) is 28.9. The smallest absolute Gasteiger partial charge is 0.323 e. The number of esters is 2. The number of terminal acetylenes is 1. The van der Waals surface area contributed by atoms with Crippen LogP contribution in [-0.4, -0.2) is 96.8 Å². The van der Waals surface area contributed by atoms with E-state index < -0.39 is 47.9 Å². The van der Waals surface area contributed by atoms with Crippen molar-refractivity contribution in [2.24, 2.45) is 5.73 Å². The first-order valence-corrected chi connectivity index (χ1v) is 22.5. The quantitative estimate of drug-likeness (QED) is 0.0107. The number of hydrogen-bond donors (Lipinski definition) is 8. The van der Waals surface area contributed by atoms with Crippen LogP contribution in [0.5, 0.6) is 11.5 Å². The van der Waals surface area contributed by atoms with Crippen molar-refractivity contribution < 1.29 is 59.6 Å². The first-order valence-electron chi connectivity index (χ1n) is 22.5. The highest BCUT2D eigenvalue weighted by Gasteiger charge is 2.28. The summed E-state index contributed by atoms with van der Waals surface area (Å²) in [5.41, 5.74) is 4.70. The number of allylic oxidation sites excluding steroid dienone is 1. The van der Waals surface area contributed by atoms with Gasteiger partial charge in [0.25, 0.3) is 0 Å². The lowest BCUT2D eigenvalue weighted by Crippen LogP contribution is -2.46. The summed E-state index contributed by atoms with van der Waals surface area (Å²) >= 11 is 0. The van der Waals surface area contributed by atoms with Gasteiger partial charge in [0, 0.05) is 39.5 Å². The first kappa shape index (κ1) is 59.4. The Balaban J connectivity index is 0. The highest BCUT2D eigenvalue weighted by atomic mass is 16.5. The number of carboxylic acids is 1. The fourth-order valence-corrected chi connectivity index (χ4v) is 6.36. The predicted octanol–water partition coefficient (Wildman–Crippen LogP) is 8.17. The maximum absolute atomic E-state index is 10.7. The van der Waals surface area contributed by atoms with Crippen LogP contribution in [0.3, 0.4) is 0 Å². The number of aliphatic hydroxyl groups excluding tert-OH is 4. The van der Waals surface area contributed by atoms with Crippen molar-refractivity contribution in [2.75, 3.05) is 13.2 Å². The average Bonchev–Trinajstić information content (AvgIpc) is 3.19. The number of unbranched alkanes of at least 4 members (excludes halogenated alkanes) is 18. The molecule has 0 radical (unpaired) electrons. The molecular formula is C48H83NO12. The molecule has 0 aromatic heterocycles. The Kier molecular flexibility index (Phi) is 38.2. The summed E-state index contributed by atoms with van der Waals surface area (Å²) in [5, 5.41) is 65.9. The van der Waals surface area contributed by atoms with E-state index in [-0.39, 0.29) is 44.0 Å². The Bertz CT molecular complexity index is 1310. The average molecular weight is 866 g/mol. The third-order valence-electron chi connectivity index (χ3n) is 9.95. The van der Waals surface area contributed by atoms with Gasteiger partial charge in [-0.3, -0.25) is 14.4 Å². The van der Waals surface area contributed by atoms with Gasteiger partial charge in [0.05, 0.1) is 24.4 Å². The van der Waals surface area contributed by atoms with Crippen LogP contribution in [0.15, 0.2) is 30.9 Å². The summed E-state index contributed by atoms with van der Waals surface area (Å²) in [4.78, 5) is 32.0. The standard InChI is InChI=1S/C19H36O4.C19H34O4.C10H13NO4/c2*1-3-4-5-6-7-8-9-10-11-12-13-14-18(21)15-19(22)16-23-17(2)20;1-10(11,9(14)15)5-6-2-3-7(12)8(13)4-6/h3,18-19,21-22H,1,4-16H2,2H3;1,18-19,21-22H,4-16H2,2H3;2-4,12-13H,5,11H2,1H3,(H,14,15). The summed E-state index contributed by atoms with van der Waals surface area (Å²) in [6.45, 7) is 7.67. The number of carboxylic acid groups (broad SMARTS) is 1. The van der Waals surface area contributed by atoms with Gasteiger partial charge in [-0.1, -0.05) is 115 Å². The maximum atomic E-state index is 10.7. The van der Waals surface area contributed by atoms with Crippen molar-refractivity contribution in [3.63, 3.8) is 0 Å². The molecule has 0 spiro atoms. The number of phenolic OH excluding ortho intramolecular Hbond substituents is 2. The molecule has 61 heavy (non-hydrogen) atoms. The van der Waals surface area contributed by atoms with Crippen molar-refractivity contribution >= 4 is 17.9 Å². The van der Waals surface area contributed by atoms with Crippen LogP contribution < -0.4 is 5.73 Å². The van der Waals surface area contributed by atoms with E-state index in [4.69, 9.17) is 31.8 Å². The molecule has 13 nitrogen and oxygen atoms in total. The van der Waals surface area contributed by atoms with E-state index in [1.165, 1.54) is 122 Å². The molecule has 0 amide bonds. The number of carbonyl (C=O) groups excluding carboxylic acids is 2. The van der Waals surface area contributed by atoms with Gasteiger partial charge in [0.15, 0.2) is 11.5 Å². The molecule has 13 heteroatoms. The lowest BCUT2D eigenvalue weighted by Gasteiger charge is -2.19. The third-order valence-corrected chi connectivity index (χ3v) is 9.95. The molecule has 0 bridgehead atoms. The molecule has 0 saturated carbocycles. The Hall–Kier alpha value is -3.67. The zero-order chi connectivity index (χ0) is 46.3. The third kappa shape index (κ3) is 40.2. The van der Waals surface area contributed by atoms with Crippen LogP contribution in [0.1, 0.15) is 180 Å². The van der Waals surface area contributed by atoms with E-state index in [9.17, 15) is 39.9 Å². The minimum Gasteiger partial charge on any atom is -0.504 e. The molecule has 1 aromatic rings. The summed E-state index contributed by atoms with van der Waals surface area (Å²) in [6, 6.07) is 4.11. The van der Waals surface area contributed by atoms with Crippen LogP contribution in [-0.2, 0) is 30.3 Å². The number of rotatable bonds is 34. The Labute approximate surface area is 367 Å². The Morgan fingerprint density at radius 1 is 0.689 bits per heavy atom. The van der Waals surface area contributed by atoms with Gasteiger partial charge in [-0.05, 0) is 56.7 Å². The molecule has 0 saturated heterocycles. The number of aliphatic hydroxyl groups is 4. The molecule has 0 aliphatic carbocycles. The van der Waals surface area contributed by atoms with Crippen LogP contribution in [0.4, 0.5) is 0 Å². The molecule has 0 aliphatic rings. The Morgan fingerprint density at radius 2 is 1.08 bits per heavy atom. The molecule has 5 unspecified atom stereocenters. The molecule has 0 aliphatic heterocycles. The molecule has 1 aromatic carbocycles. The largest absolute Gasteiger partial charge is 0.504 e. The van der Waals surface area contributed by atoms with E-state index >= 15 is 0 Å². The van der Waals surface area contributed by atoms with Gasteiger partial charge in [0.2, 0.25) is 0 Å². The second-order valence-corrected chi connectivity index (χ2v) is 16.4. The van der Waals surface area contributed by atoms with Crippen molar-refractivity contribution in [1.82, 2.24) is 0 Å². The minimum absolute atomic E-state index is 0.0286. The minimum atomic E-state index is -1.39. The number of benzene rings is 1. The van der Waals surface area contributed by atoms with Crippen LogP contribution in [0, 0.1) is 12.3 Å². The zero-order valence-corrected chi connectivity index (χ0v) is 37.7. The van der Waals surface area contributed by atoms with Gasteiger partial charge in [-0.15, -0.1) is 18.9 Å². The second kappa shape index (κ2) is 39.2. The number of carbonyl (C=O) groups is 3. The van der Waals surface area contributed by atoms with Gasteiger partial charge in [-0.25, -0.2) is 0 Å². The number of aromatic hydroxyl groups is 2. The number of phenols is 2. The zero-order valence-electron chi connectivity index (χ0n) is 37.7. The fourth-order valence-electron chi connectivity index (χ4n) is 6.36. The van der Waals surface area contributed by atoms with E-state index in [2.05, 4.69) is 12.5 Å². The molecule has 352 valence electrons. The predicted molar refractivity (Wildman–Crippen MR) is 241 cm³/mol. The number of nitrogens with two attached hydrogens (primary N) is 1. The number of hydrogen-bond acceptors (Lipinski definition) is 12. The summed E-state index contributed by atoms with van der Waals surface area (Å²) in [7, 11) is 0. The van der Waals surface area contributed by atoms with Crippen molar-refractivity contribution in [3.05, 3.63) is 36.4 Å². The van der Waals surface area contributed by atoms with Crippen molar-refractivity contribution in [2.45, 2.75) is 211 Å². The topological polar surface area (TPSA) is 237 Å². The van der Waals surface area contributed by atoms with E-state index in [1.807, 2.05) is 6.08 Å². The maximum Gasteiger partial charge on any atom is 0.323 e. The lowest BCUT2D eigenvalue weighted by atomic mass is 9.94. The molecule has 9 N–H and O–H groups in total. The van der Waals surface area contributed by atoms with Crippen LogP contribution in [0.25, 0.3) is 0 Å². The van der Waals surface area contributed by atoms with Crippen LogP contribution >= 0.6 is 0 Å². The highest BCUT2D eigenvalue weighted by Crippen LogP contribution is 2.26. The number of aliphatic carboxylic acids is 1. The fraction of sp³-hybridized carbons (Fsp3) is 0.729.